The first-order valence-electron chi connectivity index (χ1n) is 12.0. The van der Waals surface area contributed by atoms with Crippen LogP contribution in [0.5, 0.6) is 0 Å². The number of aryl methyl sites for hydroxylation is 1. The number of morpholine rings is 1. The van der Waals surface area contributed by atoms with E-state index in [-0.39, 0.29) is 11.6 Å². The SMILES string of the molecule is Cc1nn(-c2cncc(C(F)F)c2)c(C)c1-c1cc(N2CCOC[C@H]2C)nc2c(-c3ccn[nH]3)cnn12. The second kappa shape index (κ2) is 9.04. The Kier molecular flexibility index (Phi) is 5.67. The van der Waals surface area contributed by atoms with Crippen LogP contribution in [-0.2, 0) is 4.74 Å². The monoisotopic (exact) mass is 505 g/mol. The first-order valence-corrected chi connectivity index (χ1v) is 12.0. The summed E-state index contributed by atoms with van der Waals surface area (Å²) in [6.45, 7) is 7.84. The minimum atomic E-state index is -2.62. The van der Waals surface area contributed by atoms with Crippen molar-refractivity contribution in [1.29, 1.82) is 0 Å². The van der Waals surface area contributed by atoms with Gasteiger partial charge in [0.05, 0.1) is 65.7 Å². The van der Waals surface area contributed by atoms with Crippen LogP contribution in [0.3, 0.4) is 0 Å². The third kappa shape index (κ3) is 3.93. The number of halogens is 2. The van der Waals surface area contributed by atoms with Gasteiger partial charge in [0.15, 0.2) is 5.65 Å². The van der Waals surface area contributed by atoms with Crippen molar-refractivity contribution >= 4 is 11.5 Å². The number of ether oxygens (including phenoxy) is 1. The van der Waals surface area contributed by atoms with Crippen LogP contribution in [0.2, 0.25) is 0 Å². The first-order chi connectivity index (χ1) is 17.9. The summed E-state index contributed by atoms with van der Waals surface area (Å²) in [5.74, 6) is 0.799. The Labute approximate surface area is 210 Å². The van der Waals surface area contributed by atoms with Gasteiger partial charge < -0.3 is 9.64 Å². The van der Waals surface area contributed by atoms with Gasteiger partial charge in [-0.05, 0) is 32.9 Å². The van der Waals surface area contributed by atoms with Crippen LogP contribution in [0.1, 0.15) is 30.3 Å². The third-order valence-corrected chi connectivity index (χ3v) is 6.70. The standard InChI is InChI=1S/C25H25F2N9O/c1-14-13-37-7-6-34(14)22-9-21(36-25(31-22)19(12-30-36)20-4-5-29-32-20)23-15(2)33-35(16(23)3)18-8-17(24(26)27)10-28-11-18/h4-5,8-12,14,24H,6-7,13H2,1-3H3,(H,29,32)/t14-/m1/s1. The fourth-order valence-electron chi connectivity index (χ4n) is 4.88. The van der Waals surface area contributed by atoms with Gasteiger partial charge in [0.2, 0.25) is 0 Å². The van der Waals surface area contributed by atoms with Crippen molar-refractivity contribution in [2.24, 2.45) is 0 Å². The van der Waals surface area contributed by atoms with E-state index in [1.165, 1.54) is 18.5 Å². The van der Waals surface area contributed by atoms with E-state index < -0.39 is 6.43 Å². The number of nitrogens with one attached hydrogen (secondary N) is 1. The number of hydrogen-bond donors (Lipinski definition) is 1. The Balaban J connectivity index is 1.57. The third-order valence-electron chi connectivity index (χ3n) is 6.70. The Bertz CT molecular complexity index is 1570. The molecule has 0 amide bonds. The van der Waals surface area contributed by atoms with Gasteiger partial charge in [0.1, 0.15) is 5.82 Å². The Morgan fingerprint density at radius 3 is 2.78 bits per heavy atom. The zero-order valence-corrected chi connectivity index (χ0v) is 20.6. The molecule has 1 N–H and O–H groups in total. The van der Waals surface area contributed by atoms with Gasteiger partial charge >= 0.3 is 0 Å². The number of aromatic amines is 1. The molecule has 0 aromatic carbocycles. The summed E-state index contributed by atoms with van der Waals surface area (Å²) in [5.41, 5.74) is 5.75. The van der Waals surface area contributed by atoms with Gasteiger partial charge in [-0.3, -0.25) is 10.1 Å². The van der Waals surface area contributed by atoms with Crippen molar-refractivity contribution in [3.05, 3.63) is 59.9 Å². The molecule has 1 aliphatic rings. The lowest BCUT2D eigenvalue weighted by atomic mass is 10.1. The van der Waals surface area contributed by atoms with Gasteiger partial charge in [0.25, 0.3) is 6.43 Å². The molecule has 1 aliphatic heterocycles. The van der Waals surface area contributed by atoms with Gasteiger partial charge in [-0.1, -0.05) is 0 Å². The lowest BCUT2D eigenvalue weighted by Gasteiger charge is -2.34. The number of anilines is 1. The largest absolute Gasteiger partial charge is 0.377 e. The second-order valence-electron chi connectivity index (χ2n) is 9.12. The molecule has 1 atom stereocenters. The minimum absolute atomic E-state index is 0.142. The molecule has 5 aromatic heterocycles. The summed E-state index contributed by atoms with van der Waals surface area (Å²) in [6.07, 6.45) is 3.53. The molecule has 5 aromatic rings. The van der Waals surface area contributed by atoms with E-state index in [0.717, 1.165) is 39.7 Å². The normalized spacial score (nSPS) is 16.3. The number of pyridine rings is 1. The van der Waals surface area contributed by atoms with E-state index in [1.807, 2.05) is 26.0 Å². The molecule has 0 bridgehead atoms. The highest BCUT2D eigenvalue weighted by Gasteiger charge is 2.26. The Hall–Kier alpha value is -4.19. The van der Waals surface area contributed by atoms with E-state index in [0.29, 0.717) is 31.1 Å². The van der Waals surface area contributed by atoms with E-state index in [9.17, 15) is 8.78 Å². The molecule has 1 fully saturated rings. The van der Waals surface area contributed by atoms with Crippen LogP contribution in [-0.4, -0.2) is 65.4 Å². The number of rotatable bonds is 5. The Morgan fingerprint density at radius 1 is 1.16 bits per heavy atom. The second-order valence-corrected chi connectivity index (χ2v) is 9.12. The smallest absolute Gasteiger partial charge is 0.265 e. The predicted octanol–water partition coefficient (Wildman–Crippen LogP) is 4.15. The number of H-pyrrole nitrogens is 1. The van der Waals surface area contributed by atoms with Crippen molar-refractivity contribution in [2.75, 3.05) is 24.7 Å². The molecule has 10 nitrogen and oxygen atoms in total. The maximum absolute atomic E-state index is 13.4. The van der Waals surface area contributed by atoms with Crippen molar-refractivity contribution < 1.29 is 13.5 Å². The van der Waals surface area contributed by atoms with E-state index in [1.54, 1.807) is 21.6 Å². The van der Waals surface area contributed by atoms with Crippen molar-refractivity contribution in [1.82, 2.24) is 39.6 Å². The summed E-state index contributed by atoms with van der Waals surface area (Å²) in [4.78, 5) is 11.2. The van der Waals surface area contributed by atoms with Crippen molar-refractivity contribution in [3.8, 4) is 28.2 Å². The number of alkyl halides is 2. The van der Waals surface area contributed by atoms with Crippen LogP contribution in [0.15, 0.2) is 43.0 Å². The molecule has 37 heavy (non-hydrogen) atoms. The summed E-state index contributed by atoms with van der Waals surface area (Å²) in [7, 11) is 0. The van der Waals surface area contributed by atoms with Crippen LogP contribution >= 0.6 is 0 Å². The van der Waals surface area contributed by atoms with Gasteiger partial charge in [-0.15, -0.1) is 0 Å². The average Bonchev–Trinajstić information content (AvgIpc) is 3.63. The fourth-order valence-corrected chi connectivity index (χ4v) is 4.88. The Morgan fingerprint density at radius 2 is 2.03 bits per heavy atom. The zero-order valence-electron chi connectivity index (χ0n) is 20.6. The highest BCUT2D eigenvalue weighted by atomic mass is 19.3. The molecule has 0 saturated carbocycles. The number of aromatic nitrogens is 8. The highest BCUT2D eigenvalue weighted by Crippen LogP contribution is 2.34. The average molecular weight is 506 g/mol. The summed E-state index contributed by atoms with van der Waals surface area (Å²) < 4.78 is 35.8. The number of nitrogens with zero attached hydrogens (tertiary/aromatic N) is 8. The van der Waals surface area contributed by atoms with Gasteiger partial charge in [-0.2, -0.15) is 15.3 Å². The lowest BCUT2D eigenvalue weighted by molar-refractivity contribution is 0.0985. The van der Waals surface area contributed by atoms with E-state index in [2.05, 4.69) is 32.1 Å². The molecule has 12 heteroatoms. The van der Waals surface area contributed by atoms with Crippen LogP contribution in [0.4, 0.5) is 14.6 Å². The fraction of sp³-hybridized carbons (Fsp3) is 0.320. The van der Waals surface area contributed by atoms with Gasteiger partial charge in [-0.25, -0.2) is 23.0 Å². The van der Waals surface area contributed by atoms with Crippen LogP contribution in [0, 0.1) is 13.8 Å². The highest BCUT2D eigenvalue weighted by molar-refractivity contribution is 5.80. The van der Waals surface area contributed by atoms with E-state index in [4.69, 9.17) is 14.8 Å². The topological polar surface area (TPSA) is 102 Å². The maximum Gasteiger partial charge on any atom is 0.265 e. The van der Waals surface area contributed by atoms with Crippen molar-refractivity contribution in [3.63, 3.8) is 0 Å². The first kappa shape index (κ1) is 23.2. The van der Waals surface area contributed by atoms with Crippen molar-refractivity contribution in [2.45, 2.75) is 33.2 Å². The maximum atomic E-state index is 13.4. The molecular weight excluding hydrogens is 480 g/mol. The van der Waals surface area contributed by atoms with Crippen LogP contribution < -0.4 is 4.90 Å². The molecule has 1 saturated heterocycles. The predicted molar refractivity (Wildman–Crippen MR) is 133 cm³/mol. The summed E-state index contributed by atoms with van der Waals surface area (Å²) in [6, 6.07) is 5.44. The lowest BCUT2D eigenvalue weighted by Crippen LogP contribution is -2.44. The molecule has 0 radical (unpaired) electrons. The quantitative estimate of drug-likeness (QED) is 0.383. The number of fused-ring (bicyclic) bond motifs is 1. The molecule has 0 spiro atoms. The number of hydrogen-bond acceptors (Lipinski definition) is 7. The molecule has 0 aliphatic carbocycles. The van der Waals surface area contributed by atoms with Gasteiger partial charge in [0, 0.05) is 36.1 Å². The van der Waals surface area contributed by atoms with E-state index >= 15 is 0 Å². The molecular formula is C25H25F2N9O. The molecule has 0 unspecified atom stereocenters. The molecule has 190 valence electrons. The van der Waals surface area contributed by atoms with Crippen LogP contribution in [0.25, 0.3) is 33.8 Å². The molecule has 6 rings (SSSR count). The summed E-state index contributed by atoms with van der Waals surface area (Å²) in [5, 5.41) is 16.5. The summed E-state index contributed by atoms with van der Waals surface area (Å²) >= 11 is 0. The molecule has 6 heterocycles. The minimum Gasteiger partial charge on any atom is -0.377 e. The zero-order chi connectivity index (χ0) is 25.7.